The van der Waals surface area contributed by atoms with E-state index in [1.807, 2.05) is 12.1 Å². The van der Waals surface area contributed by atoms with E-state index in [0.29, 0.717) is 0 Å². The molecule has 2 aromatic carbocycles. The van der Waals surface area contributed by atoms with Crippen LogP contribution < -0.4 is 0 Å². The molecule has 96 valence electrons. The molecule has 19 heavy (non-hydrogen) atoms. The molecule has 0 spiro atoms. The number of rotatable bonds is 3. The normalized spacial score (nSPS) is 16.6. The highest BCUT2D eigenvalue weighted by Crippen LogP contribution is 2.45. The first-order valence-electron chi connectivity index (χ1n) is 6.68. The number of carbonyl (C=O) groups excluding carboxylic acids is 1. The van der Waals surface area contributed by atoms with Crippen LogP contribution in [-0.4, -0.2) is 6.29 Å². The molecule has 1 atom stereocenters. The van der Waals surface area contributed by atoms with Crippen LogP contribution in [0.2, 0.25) is 0 Å². The molecule has 2 aromatic rings. The van der Waals surface area contributed by atoms with Crippen LogP contribution in [-0.2, 0) is 11.2 Å². The fourth-order valence-electron chi connectivity index (χ4n) is 2.63. The minimum Gasteiger partial charge on any atom is -0.302 e. The Morgan fingerprint density at radius 3 is 2.68 bits per heavy atom. The zero-order chi connectivity index (χ0) is 13.2. The summed E-state index contributed by atoms with van der Waals surface area (Å²) in [7, 11) is 0. The van der Waals surface area contributed by atoms with Crippen molar-refractivity contribution in [2.45, 2.75) is 35.5 Å². The Morgan fingerprint density at radius 1 is 1.11 bits per heavy atom. The summed E-state index contributed by atoms with van der Waals surface area (Å²) in [4.78, 5) is 13.9. The van der Waals surface area contributed by atoms with Gasteiger partial charge in [-0.05, 0) is 35.2 Å². The molecule has 3 rings (SSSR count). The summed E-state index contributed by atoms with van der Waals surface area (Å²) >= 11 is 1.78. The molecule has 1 heterocycles. The number of benzene rings is 2. The van der Waals surface area contributed by atoms with Gasteiger partial charge in [0.2, 0.25) is 0 Å². The van der Waals surface area contributed by atoms with Crippen molar-refractivity contribution in [2.24, 2.45) is 0 Å². The van der Waals surface area contributed by atoms with Crippen LogP contribution in [0.4, 0.5) is 0 Å². The van der Waals surface area contributed by atoms with Crippen molar-refractivity contribution in [3.8, 4) is 0 Å². The van der Waals surface area contributed by atoms with Crippen molar-refractivity contribution < 1.29 is 4.79 Å². The Labute approximate surface area is 118 Å². The zero-order valence-corrected chi connectivity index (χ0v) is 11.7. The fraction of sp³-hybridized carbons (Fsp3) is 0.235. The van der Waals surface area contributed by atoms with Gasteiger partial charge < -0.3 is 4.79 Å². The molecule has 0 radical (unpaired) electrons. The minimum atomic E-state index is -0.108. The van der Waals surface area contributed by atoms with E-state index in [-0.39, 0.29) is 5.92 Å². The molecule has 1 aliphatic heterocycles. The van der Waals surface area contributed by atoms with Gasteiger partial charge in [0.15, 0.2) is 0 Å². The molecule has 0 bridgehead atoms. The number of hydrogen-bond acceptors (Lipinski definition) is 2. The van der Waals surface area contributed by atoms with Crippen molar-refractivity contribution in [2.75, 3.05) is 0 Å². The molecule has 0 saturated carbocycles. The van der Waals surface area contributed by atoms with Crippen molar-refractivity contribution in [3.63, 3.8) is 0 Å². The Balaban J connectivity index is 2.09. The second-order valence-electron chi connectivity index (χ2n) is 4.88. The quantitative estimate of drug-likeness (QED) is 0.766. The first-order chi connectivity index (χ1) is 9.33. The summed E-state index contributed by atoms with van der Waals surface area (Å²) in [5.41, 5.74) is 3.65. The van der Waals surface area contributed by atoms with E-state index < -0.39 is 0 Å². The second-order valence-corrected chi connectivity index (χ2v) is 5.96. The Bertz CT molecular complexity index is 618. The number of hydrogen-bond donors (Lipinski definition) is 0. The lowest BCUT2D eigenvalue weighted by atomic mass is 9.91. The maximum Gasteiger partial charge on any atom is 0.131 e. The summed E-state index contributed by atoms with van der Waals surface area (Å²) in [6.45, 7) is 2.19. The molecule has 1 nitrogen and oxygen atoms in total. The van der Waals surface area contributed by atoms with Crippen LogP contribution in [0, 0.1) is 0 Å². The van der Waals surface area contributed by atoms with E-state index in [4.69, 9.17) is 0 Å². The molecule has 0 aliphatic carbocycles. The van der Waals surface area contributed by atoms with E-state index in [9.17, 15) is 4.79 Å². The van der Waals surface area contributed by atoms with Gasteiger partial charge in [-0.3, -0.25) is 0 Å². The van der Waals surface area contributed by atoms with Crippen molar-refractivity contribution in [1.82, 2.24) is 0 Å². The van der Waals surface area contributed by atoms with E-state index in [0.717, 1.165) is 30.3 Å². The van der Waals surface area contributed by atoms with Gasteiger partial charge in [-0.15, -0.1) is 0 Å². The average molecular weight is 268 g/mol. The lowest BCUT2D eigenvalue weighted by molar-refractivity contribution is -0.108. The maximum atomic E-state index is 11.5. The smallest absolute Gasteiger partial charge is 0.131 e. The first-order valence-corrected chi connectivity index (χ1v) is 7.50. The molecule has 0 fully saturated rings. The minimum absolute atomic E-state index is 0.108. The Morgan fingerprint density at radius 2 is 1.89 bits per heavy atom. The van der Waals surface area contributed by atoms with E-state index >= 15 is 0 Å². The molecular formula is C17H16OS. The van der Waals surface area contributed by atoms with Crippen LogP contribution >= 0.6 is 11.8 Å². The second kappa shape index (κ2) is 5.22. The number of aryl methyl sites for hydroxylation is 1. The third-order valence-electron chi connectivity index (χ3n) is 3.56. The molecule has 0 aromatic heterocycles. The predicted molar refractivity (Wildman–Crippen MR) is 78.9 cm³/mol. The van der Waals surface area contributed by atoms with Gasteiger partial charge in [0, 0.05) is 9.79 Å². The zero-order valence-electron chi connectivity index (χ0n) is 10.9. The number of aldehydes is 1. The number of fused-ring (bicyclic) bond motifs is 2. The number of carbonyl (C=O) groups is 1. The van der Waals surface area contributed by atoms with Gasteiger partial charge in [-0.25, -0.2) is 0 Å². The van der Waals surface area contributed by atoms with E-state index in [1.54, 1.807) is 11.8 Å². The molecule has 2 heteroatoms. The molecule has 0 N–H and O–H groups in total. The van der Waals surface area contributed by atoms with Gasteiger partial charge >= 0.3 is 0 Å². The lowest BCUT2D eigenvalue weighted by Gasteiger charge is -2.24. The van der Waals surface area contributed by atoms with Crippen molar-refractivity contribution in [3.05, 3.63) is 59.2 Å². The highest BCUT2D eigenvalue weighted by atomic mass is 32.2. The molecular weight excluding hydrogens is 252 g/mol. The average Bonchev–Trinajstić information content (AvgIpc) is 2.45. The highest BCUT2D eigenvalue weighted by Gasteiger charge is 2.25. The molecule has 1 unspecified atom stereocenters. The van der Waals surface area contributed by atoms with Crippen LogP contribution in [0.15, 0.2) is 52.3 Å². The van der Waals surface area contributed by atoms with Crippen LogP contribution in [0.25, 0.3) is 0 Å². The van der Waals surface area contributed by atoms with Crippen LogP contribution in [0.5, 0.6) is 0 Å². The molecule has 0 saturated heterocycles. The lowest BCUT2D eigenvalue weighted by Crippen LogP contribution is -2.09. The van der Waals surface area contributed by atoms with Crippen molar-refractivity contribution in [1.29, 1.82) is 0 Å². The monoisotopic (exact) mass is 268 g/mol. The van der Waals surface area contributed by atoms with E-state index in [2.05, 4.69) is 37.3 Å². The summed E-state index contributed by atoms with van der Waals surface area (Å²) < 4.78 is 0. The van der Waals surface area contributed by atoms with E-state index in [1.165, 1.54) is 15.4 Å². The predicted octanol–water partition coefficient (Wildman–Crippen LogP) is 4.43. The standard InChI is InChI=1S/C17H16OS/c1-2-5-12-8-9-14-15(11-18)13-6-3-4-7-16(13)19-17(14)10-12/h3-4,6-11,15H,2,5H2,1H3. The van der Waals surface area contributed by atoms with Crippen LogP contribution in [0.3, 0.4) is 0 Å². The maximum absolute atomic E-state index is 11.5. The first kappa shape index (κ1) is 12.5. The SMILES string of the molecule is CCCc1ccc2c(c1)Sc1ccccc1C2C=O. The van der Waals surface area contributed by atoms with Gasteiger partial charge in [0.25, 0.3) is 0 Å². The van der Waals surface area contributed by atoms with Crippen LogP contribution in [0.1, 0.15) is 36.0 Å². The topological polar surface area (TPSA) is 17.1 Å². The van der Waals surface area contributed by atoms with Gasteiger partial charge in [-0.1, -0.05) is 55.4 Å². The fourth-order valence-corrected chi connectivity index (χ4v) is 3.85. The molecule has 0 amide bonds. The Kier molecular flexibility index (Phi) is 3.43. The summed E-state index contributed by atoms with van der Waals surface area (Å²) in [6.07, 6.45) is 3.31. The van der Waals surface area contributed by atoms with Gasteiger partial charge in [0.05, 0.1) is 5.92 Å². The Hall–Kier alpha value is -1.54. The molecule has 1 aliphatic rings. The summed E-state index contributed by atoms with van der Waals surface area (Å²) in [5, 5.41) is 0. The summed E-state index contributed by atoms with van der Waals surface area (Å²) in [5.74, 6) is -0.108. The highest BCUT2D eigenvalue weighted by molar-refractivity contribution is 7.99. The van der Waals surface area contributed by atoms with Gasteiger partial charge in [0.1, 0.15) is 6.29 Å². The third-order valence-corrected chi connectivity index (χ3v) is 4.73. The van der Waals surface area contributed by atoms with Gasteiger partial charge in [-0.2, -0.15) is 0 Å². The summed E-state index contributed by atoms with van der Waals surface area (Å²) in [6, 6.07) is 14.7. The largest absolute Gasteiger partial charge is 0.302 e. The van der Waals surface area contributed by atoms with Crippen molar-refractivity contribution >= 4 is 18.0 Å². The third kappa shape index (κ3) is 2.21.